The summed E-state index contributed by atoms with van der Waals surface area (Å²) in [6.45, 7) is 2.12. The second-order valence-electron chi connectivity index (χ2n) is 5.62. The van der Waals surface area contributed by atoms with Gasteiger partial charge in [-0.25, -0.2) is 4.68 Å². The minimum atomic E-state index is 0.586. The first-order valence-electron chi connectivity index (χ1n) is 7.48. The first-order valence-corrected chi connectivity index (χ1v) is 7.85. The van der Waals surface area contributed by atoms with E-state index in [9.17, 15) is 0 Å². The molecule has 1 fully saturated rings. The van der Waals surface area contributed by atoms with Crippen molar-refractivity contribution in [2.45, 2.75) is 25.3 Å². The molecule has 1 aliphatic rings. The van der Waals surface area contributed by atoms with E-state index in [1.165, 1.54) is 25.8 Å². The second-order valence-corrected chi connectivity index (χ2v) is 6.06. The van der Waals surface area contributed by atoms with Crippen LogP contribution in [-0.4, -0.2) is 40.9 Å². The van der Waals surface area contributed by atoms with Crippen molar-refractivity contribution in [2.24, 2.45) is 0 Å². The van der Waals surface area contributed by atoms with Crippen LogP contribution in [-0.2, 0) is 0 Å². The Morgan fingerprint density at radius 2 is 2.29 bits per heavy atom. The van der Waals surface area contributed by atoms with Gasteiger partial charge < -0.3 is 10.2 Å². The maximum absolute atomic E-state index is 6.15. The molecule has 112 valence electrons. The number of hydrogen-bond donors (Lipinski definition) is 1. The molecule has 0 saturated carbocycles. The monoisotopic (exact) mass is 304 g/mol. The third-order valence-electron chi connectivity index (χ3n) is 4.16. The van der Waals surface area contributed by atoms with Crippen LogP contribution in [0.2, 0.25) is 5.02 Å². The van der Waals surface area contributed by atoms with Crippen LogP contribution in [0.1, 0.15) is 19.3 Å². The fourth-order valence-corrected chi connectivity index (χ4v) is 3.06. The first-order chi connectivity index (χ1) is 10.2. The van der Waals surface area contributed by atoms with Crippen LogP contribution in [0.5, 0.6) is 0 Å². The summed E-state index contributed by atoms with van der Waals surface area (Å²) in [5.74, 6) is 0. The second kappa shape index (κ2) is 6.50. The summed E-state index contributed by atoms with van der Waals surface area (Å²) in [6, 6.07) is 8.39. The number of anilines is 1. The third kappa shape index (κ3) is 3.39. The van der Waals surface area contributed by atoms with Gasteiger partial charge in [0, 0.05) is 30.0 Å². The number of likely N-dealkylation sites (tertiary alicyclic amines) is 1. The molecule has 0 bridgehead atoms. The Morgan fingerprint density at radius 1 is 1.38 bits per heavy atom. The van der Waals surface area contributed by atoms with Gasteiger partial charge in [-0.05, 0) is 50.7 Å². The molecule has 2 aromatic rings. The van der Waals surface area contributed by atoms with Gasteiger partial charge in [0.25, 0.3) is 0 Å². The van der Waals surface area contributed by atoms with Crippen LogP contribution in [0.15, 0.2) is 36.7 Å². The Balaban J connectivity index is 1.76. The van der Waals surface area contributed by atoms with Gasteiger partial charge in [0.1, 0.15) is 0 Å². The highest BCUT2D eigenvalue weighted by Crippen LogP contribution is 2.25. The van der Waals surface area contributed by atoms with Crippen LogP contribution in [0, 0.1) is 0 Å². The minimum Gasteiger partial charge on any atom is -0.382 e. The van der Waals surface area contributed by atoms with Gasteiger partial charge in [0.2, 0.25) is 0 Å². The lowest BCUT2D eigenvalue weighted by atomic mass is 10.0. The molecule has 0 radical (unpaired) electrons. The number of piperidine rings is 1. The fourth-order valence-electron chi connectivity index (χ4n) is 2.89. The van der Waals surface area contributed by atoms with Crippen molar-refractivity contribution in [3.63, 3.8) is 0 Å². The highest BCUT2D eigenvalue weighted by molar-refractivity contribution is 6.31. The first kappa shape index (κ1) is 14.4. The molecule has 5 heteroatoms. The van der Waals surface area contributed by atoms with E-state index in [4.69, 9.17) is 11.6 Å². The maximum atomic E-state index is 6.15. The number of hydrogen-bond acceptors (Lipinski definition) is 3. The van der Waals surface area contributed by atoms with E-state index in [0.717, 1.165) is 22.9 Å². The molecular formula is C16H21ClN4. The van der Waals surface area contributed by atoms with Crippen LogP contribution in [0.4, 0.5) is 5.69 Å². The summed E-state index contributed by atoms with van der Waals surface area (Å²) in [5.41, 5.74) is 2.06. The van der Waals surface area contributed by atoms with E-state index in [0.29, 0.717) is 6.04 Å². The average Bonchev–Trinajstić information content (AvgIpc) is 3.00. The van der Waals surface area contributed by atoms with Crippen LogP contribution >= 0.6 is 11.6 Å². The number of benzene rings is 1. The van der Waals surface area contributed by atoms with Crippen molar-refractivity contribution in [3.8, 4) is 5.69 Å². The highest BCUT2D eigenvalue weighted by Gasteiger charge is 2.19. The minimum absolute atomic E-state index is 0.586. The van der Waals surface area contributed by atoms with Crippen molar-refractivity contribution < 1.29 is 0 Å². The molecule has 0 amide bonds. The molecule has 4 nitrogen and oxygen atoms in total. The Morgan fingerprint density at radius 3 is 3.05 bits per heavy atom. The van der Waals surface area contributed by atoms with Crippen molar-refractivity contribution in [3.05, 3.63) is 41.7 Å². The van der Waals surface area contributed by atoms with E-state index in [1.54, 1.807) is 6.20 Å². The third-order valence-corrected chi connectivity index (χ3v) is 4.39. The summed E-state index contributed by atoms with van der Waals surface area (Å²) < 4.78 is 1.86. The molecule has 1 unspecified atom stereocenters. The number of nitrogens with one attached hydrogen (secondary N) is 1. The summed E-state index contributed by atoms with van der Waals surface area (Å²) in [6.07, 6.45) is 7.61. The van der Waals surface area contributed by atoms with Gasteiger partial charge in [-0.2, -0.15) is 5.10 Å². The summed E-state index contributed by atoms with van der Waals surface area (Å²) in [7, 11) is 2.21. The molecule has 1 aromatic carbocycles. The zero-order valence-electron chi connectivity index (χ0n) is 12.3. The molecule has 3 rings (SSSR count). The molecular weight excluding hydrogens is 284 g/mol. The average molecular weight is 305 g/mol. The van der Waals surface area contributed by atoms with Gasteiger partial charge in [-0.3, -0.25) is 0 Å². The van der Waals surface area contributed by atoms with Gasteiger partial charge in [-0.15, -0.1) is 0 Å². The molecule has 1 aliphatic heterocycles. The quantitative estimate of drug-likeness (QED) is 0.939. The zero-order chi connectivity index (χ0) is 14.7. The highest BCUT2D eigenvalue weighted by atomic mass is 35.5. The standard InChI is InChI=1S/C16H21ClN4/c1-20-9-3-2-5-14(20)12-18-15-11-13(17)6-7-16(15)21-10-4-8-19-21/h4,6-8,10-11,14,18H,2-3,5,9,12H2,1H3. The molecule has 1 saturated heterocycles. The number of rotatable bonds is 4. The van der Waals surface area contributed by atoms with Gasteiger partial charge in [0.15, 0.2) is 0 Å². The predicted molar refractivity (Wildman–Crippen MR) is 87.3 cm³/mol. The Labute approximate surface area is 130 Å². The topological polar surface area (TPSA) is 33.1 Å². The molecule has 2 heterocycles. The summed E-state index contributed by atoms with van der Waals surface area (Å²) in [5, 5.41) is 8.61. The van der Waals surface area contributed by atoms with Gasteiger partial charge in [-0.1, -0.05) is 18.0 Å². The largest absolute Gasteiger partial charge is 0.382 e. The lowest BCUT2D eigenvalue weighted by Crippen LogP contribution is -2.40. The predicted octanol–water partition coefficient (Wildman–Crippen LogP) is 3.42. The molecule has 1 N–H and O–H groups in total. The summed E-state index contributed by atoms with van der Waals surface area (Å²) in [4.78, 5) is 2.44. The Hall–Kier alpha value is -1.52. The number of halogens is 1. The molecule has 1 atom stereocenters. The van der Waals surface area contributed by atoms with Crippen LogP contribution in [0.3, 0.4) is 0 Å². The van der Waals surface area contributed by atoms with Crippen molar-refractivity contribution in [1.29, 1.82) is 0 Å². The van der Waals surface area contributed by atoms with Crippen molar-refractivity contribution >= 4 is 17.3 Å². The van der Waals surface area contributed by atoms with Gasteiger partial charge >= 0.3 is 0 Å². The normalized spacial score (nSPS) is 19.6. The van der Waals surface area contributed by atoms with E-state index in [2.05, 4.69) is 22.4 Å². The van der Waals surface area contributed by atoms with Gasteiger partial charge in [0.05, 0.1) is 11.4 Å². The van der Waals surface area contributed by atoms with Crippen LogP contribution in [0.25, 0.3) is 5.69 Å². The summed E-state index contributed by atoms with van der Waals surface area (Å²) >= 11 is 6.15. The Bertz CT molecular complexity index is 582. The van der Waals surface area contributed by atoms with Crippen LogP contribution < -0.4 is 5.32 Å². The Kier molecular flexibility index (Phi) is 4.46. The number of aromatic nitrogens is 2. The van der Waals surface area contributed by atoms with E-state index in [1.807, 2.05) is 35.1 Å². The molecule has 21 heavy (non-hydrogen) atoms. The lowest BCUT2D eigenvalue weighted by Gasteiger charge is -2.33. The van der Waals surface area contributed by atoms with E-state index < -0.39 is 0 Å². The smallest absolute Gasteiger partial charge is 0.0877 e. The number of likely N-dealkylation sites (N-methyl/N-ethyl adjacent to an activating group) is 1. The molecule has 1 aromatic heterocycles. The SMILES string of the molecule is CN1CCCCC1CNc1cc(Cl)ccc1-n1cccn1. The molecule has 0 aliphatic carbocycles. The zero-order valence-corrected chi connectivity index (χ0v) is 13.1. The number of nitrogens with zero attached hydrogens (tertiary/aromatic N) is 3. The maximum Gasteiger partial charge on any atom is 0.0877 e. The van der Waals surface area contributed by atoms with Crippen molar-refractivity contribution in [2.75, 3.05) is 25.5 Å². The van der Waals surface area contributed by atoms with E-state index in [-0.39, 0.29) is 0 Å². The fraction of sp³-hybridized carbons (Fsp3) is 0.438. The molecule has 0 spiro atoms. The van der Waals surface area contributed by atoms with Crippen molar-refractivity contribution in [1.82, 2.24) is 14.7 Å². The lowest BCUT2D eigenvalue weighted by molar-refractivity contribution is 0.194. The van der Waals surface area contributed by atoms with E-state index >= 15 is 0 Å².